The summed E-state index contributed by atoms with van der Waals surface area (Å²) in [5, 5.41) is 0.400. The third-order valence-electron chi connectivity index (χ3n) is 2.84. The molecule has 0 N–H and O–H groups in total. The van der Waals surface area contributed by atoms with Gasteiger partial charge in [-0.2, -0.15) is 0 Å². The predicted octanol–water partition coefficient (Wildman–Crippen LogP) is 2.35. The molecule has 2 heterocycles. The molecule has 0 saturated carbocycles. The van der Waals surface area contributed by atoms with Gasteiger partial charge in [-0.3, -0.25) is 4.79 Å². The Bertz CT molecular complexity index is 391. The molecule has 3 heteroatoms. The van der Waals surface area contributed by atoms with Crippen LogP contribution in [0.25, 0.3) is 0 Å². The minimum Gasteiger partial charge on any atom is -0.326 e. The maximum atomic E-state index is 12.0. The van der Waals surface area contributed by atoms with Gasteiger partial charge in [-0.1, -0.05) is 12.1 Å². The lowest BCUT2D eigenvalue weighted by Crippen LogP contribution is -2.36. The van der Waals surface area contributed by atoms with Crippen molar-refractivity contribution in [3.63, 3.8) is 0 Å². The molecule has 1 saturated heterocycles. The van der Waals surface area contributed by atoms with Crippen molar-refractivity contribution >= 4 is 17.7 Å². The number of fused-ring (bicyclic) bond motifs is 2. The highest BCUT2D eigenvalue weighted by molar-refractivity contribution is 8.00. The lowest BCUT2D eigenvalue weighted by molar-refractivity contribution is 0.0769. The SMILES string of the molecule is O=C1c2ccccc2SC2CCCN12. The standard InChI is InChI=1S/C11H11NOS/c13-11-8-4-1-2-5-9(8)14-10-6-3-7-12(10)11/h1-2,4-5,10H,3,6-7H2. The minimum atomic E-state index is 0.224. The topological polar surface area (TPSA) is 20.3 Å². The zero-order chi connectivity index (χ0) is 9.54. The van der Waals surface area contributed by atoms with E-state index in [-0.39, 0.29) is 5.91 Å². The lowest BCUT2D eigenvalue weighted by atomic mass is 10.2. The molecular formula is C11H11NOS. The molecule has 2 aliphatic rings. The largest absolute Gasteiger partial charge is 0.326 e. The van der Waals surface area contributed by atoms with Gasteiger partial charge in [0.2, 0.25) is 0 Å². The summed E-state index contributed by atoms with van der Waals surface area (Å²) >= 11 is 1.84. The molecular weight excluding hydrogens is 194 g/mol. The molecule has 1 unspecified atom stereocenters. The van der Waals surface area contributed by atoms with Crippen molar-refractivity contribution in [3.05, 3.63) is 29.8 Å². The van der Waals surface area contributed by atoms with E-state index in [1.807, 2.05) is 40.9 Å². The number of nitrogens with zero attached hydrogens (tertiary/aromatic N) is 1. The monoisotopic (exact) mass is 205 g/mol. The number of rotatable bonds is 0. The minimum absolute atomic E-state index is 0.224. The maximum Gasteiger partial charge on any atom is 0.255 e. The van der Waals surface area contributed by atoms with Gasteiger partial charge in [0.25, 0.3) is 5.91 Å². The van der Waals surface area contributed by atoms with Gasteiger partial charge in [0.15, 0.2) is 0 Å². The van der Waals surface area contributed by atoms with Crippen molar-refractivity contribution in [2.45, 2.75) is 23.1 Å². The van der Waals surface area contributed by atoms with E-state index in [1.165, 1.54) is 0 Å². The molecule has 0 aromatic heterocycles. The smallest absolute Gasteiger partial charge is 0.255 e. The van der Waals surface area contributed by atoms with E-state index in [0.717, 1.165) is 29.8 Å². The zero-order valence-electron chi connectivity index (χ0n) is 7.77. The number of carbonyl (C=O) groups is 1. The summed E-state index contributed by atoms with van der Waals surface area (Å²) in [5.74, 6) is 0.224. The molecule has 1 atom stereocenters. The Hall–Kier alpha value is -0.960. The second-order valence-electron chi connectivity index (χ2n) is 3.71. The molecule has 0 spiro atoms. The van der Waals surface area contributed by atoms with Crippen LogP contribution in [0.5, 0.6) is 0 Å². The molecule has 2 nitrogen and oxygen atoms in total. The van der Waals surface area contributed by atoms with Crippen LogP contribution in [0.15, 0.2) is 29.2 Å². The van der Waals surface area contributed by atoms with Gasteiger partial charge in [0.05, 0.1) is 10.9 Å². The molecule has 1 aromatic carbocycles. The molecule has 0 aliphatic carbocycles. The summed E-state index contributed by atoms with van der Waals surface area (Å²) in [6, 6.07) is 7.92. The van der Waals surface area contributed by atoms with Crippen molar-refractivity contribution < 1.29 is 4.79 Å². The van der Waals surface area contributed by atoms with Crippen LogP contribution < -0.4 is 0 Å². The van der Waals surface area contributed by atoms with Crippen molar-refractivity contribution in [2.75, 3.05) is 6.54 Å². The van der Waals surface area contributed by atoms with Crippen LogP contribution in [-0.2, 0) is 0 Å². The first-order valence-electron chi connectivity index (χ1n) is 4.93. The molecule has 0 bridgehead atoms. The van der Waals surface area contributed by atoms with Crippen molar-refractivity contribution in [1.82, 2.24) is 4.90 Å². The van der Waals surface area contributed by atoms with E-state index in [1.54, 1.807) is 0 Å². The summed E-state index contributed by atoms with van der Waals surface area (Å²) in [6.45, 7) is 0.935. The van der Waals surface area contributed by atoms with E-state index in [2.05, 4.69) is 0 Å². The maximum absolute atomic E-state index is 12.0. The fourth-order valence-corrected chi connectivity index (χ4v) is 3.48. The van der Waals surface area contributed by atoms with E-state index in [9.17, 15) is 4.79 Å². The molecule has 3 rings (SSSR count). The van der Waals surface area contributed by atoms with Gasteiger partial charge in [0.1, 0.15) is 0 Å². The zero-order valence-corrected chi connectivity index (χ0v) is 8.59. The Morgan fingerprint density at radius 3 is 3.14 bits per heavy atom. The first kappa shape index (κ1) is 8.36. The molecule has 1 amide bonds. The number of hydrogen-bond acceptors (Lipinski definition) is 2. The third-order valence-corrected chi connectivity index (χ3v) is 4.21. The Morgan fingerprint density at radius 1 is 1.36 bits per heavy atom. The Morgan fingerprint density at radius 2 is 2.21 bits per heavy atom. The summed E-state index contributed by atoms with van der Waals surface area (Å²) in [5.41, 5.74) is 0.885. The second kappa shape index (κ2) is 3.02. The summed E-state index contributed by atoms with van der Waals surface area (Å²) in [7, 11) is 0. The van der Waals surface area contributed by atoms with Gasteiger partial charge in [0, 0.05) is 11.4 Å². The third kappa shape index (κ3) is 1.08. The van der Waals surface area contributed by atoms with Crippen LogP contribution in [-0.4, -0.2) is 22.7 Å². The van der Waals surface area contributed by atoms with Crippen molar-refractivity contribution in [1.29, 1.82) is 0 Å². The van der Waals surface area contributed by atoms with Gasteiger partial charge < -0.3 is 4.90 Å². The van der Waals surface area contributed by atoms with Gasteiger partial charge >= 0.3 is 0 Å². The summed E-state index contributed by atoms with van der Waals surface area (Å²) in [4.78, 5) is 15.2. The Balaban J connectivity index is 2.08. The van der Waals surface area contributed by atoms with Gasteiger partial charge in [-0.05, 0) is 25.0 Å². The van der Waals surface area contributed by atoms with Crippen LogP contribution in [0.4, 0.5) is 0 Å². The number of benzene rings is 1. The van der Waals surface area contributed by atoms with E-state index in [4.69, 9.17) is 0 Å². The second-order valence-corrected chi connectivity index (χ2v) is 4.93. The number of thioether (sulfide) groups is 1. The number of amides is 1. The highest BCUT2D eigenvalue weighted by Crippen LogP contribution is 2.40. The lowest BCUT2D eigenvalue weighted by Gasteiger charge is -2.30. The van der Waals surface area contributed by atoms with Crippen molar-refractivity contribution in [3.8, 4) is 0 Å². The fraction of sp³-hybridized carbons (Fsp3) is 0.364. The average molecular weight is 205 g/mol. The highest BCUT2D eigenvalue weighted by atomic mass is 32.2. The summed E-state index contributed by atoms with van der Waals surface area (Å²) < 4.78 is 0. The number of hydrogen-bond donors (Lipinski definition) is 0. The normalized spacial score (nSPS) is 24.7. The van der Waals surface area contributed by atoms with Crippen LogP contribution >= 0.6 is 11.8 Å². The average Bonchev–Trinajstić information content (AvgIpc) is 2.66. The van der Waals surface area contributed by atoms with Crippen LogP contribution in [0.3, 0.4) is 0 Å². The van der Waals surface area contributed by atoms with Gasteiger partial charge in [-0.15, -0.1) is 11.8 Å². The fourth-order valence-electron chi connectivity index (χ4n) is 2.14. The quantitative estimate of drug-likeness (QED) is 0.648. The predicted molar refractivity (Wildman–Crippen MR) is 56.4 cm³/mol. The molecule has 14 heavy (non-hydrogen) atoms. The van der Waals surface area contributed by atoms with Crippen LogP contribution in [0, 0.1) is 0 Å². The Labute approximate surface area is 87.3 Å². The van der Waals surface area contributed by atoms with Crippen molar-refractivity contribution in [2.24, 2.45) is 0 Å². The van der Waals surface area contributed by atoms with E-state index in [0.29, 0.717) is 5.37 Å². The molecule has 0 radical (unpaired) electrons. The number of carbonyl (C=O) groups excluding carboxylic acids is 1. The first-order chi connectivity index (χ1) is 6.86. The van der Waals surface area contributed by atoms with Crippen LogP contribution in [0.2, 0.25) is 0 Å². The van der Waals surface area contributed by atoms with Gasteiger partial charge in [-0.25, -0.2) is 0 Å². The molecule has 1 fully saturated rings. The molecule has 1 aromatic rings. The van der Waals surface area contributed by atoms with Crippen LogP contribution in [0.1, 0.15) is 23.2 Å². The Kier molecular flexibility index (Phi) is 1.80. The molecule has 72 valence electrons. The molecule has 2 aliphatic heterocycles. The summed E-state index contributed by atoms with van der Waals surface area (Å²) in [6.07, 6.45) is 2.29. The van der Waals surface area contributed by atoms with E-state index < -0.39 is 0 Å². The highest BCUT2D eigenvalue weighted by Gasteiger charge is 2.35. The first-order valence-corrected chi connectivity index (χ1v) is 5.81. The van der Waals surface area contributed by atoms with E-state index >= 15 is 0 Å².